The van der Waals surface area contributed by atoms with E-state index in [9.17, 15) is 9.18 Å². The van der Waals surface area contributed by atoms with Crippen molar-refractivity contribution in [2.75, 3.05) is 5.32 Å². The molecule has 0 bridgehead atoms. The molecule has 0 spiro atoms. The molecule has 0 unspecified atom stereocenters. The number of rotatable bonds is 2. The van der Waals surface area contributed by atoms with Crippen molar-refractivity contribution in [1.29, 1.82) is 0 Å². The number of hydrogen-bond donors (Lipinski definition) is 1. The van der Waals surface area contributed by atoms with Crippen LogP contribution < -0.4 is 5.32 Å². The molecule has 7 heteroatoms. The Morgan fingerprint density at radius 2 is 2.11 bits per heavy atom. The Kier molecular flexibility index (Phi) is 4.11. The van der Waals surface area contributed by atoms with E-state index in [0.717, 1.165) is 0 Å². The minimum absolute atomic E-state index is 0.129. The molecule has 0 radical (unpaired) electrons. The number of carbonyl (C=O) groups is 1. The molecule has 0 atom stereocenters. The van der Waals surface area contributed by atoms with Crippen LogP contribution in [0.5, 0.6) is 0 Å². The Morgan fingerprint density at radius 1 is 1.37 bits per heavy atom. The van der Waals surface area contributed by atoms with E-state index in [0.29, 0.717) is 11.3 Å². The second-order valence-electron chi connectivity index (χ2n) is 3.76. The third kappa shape index (κ3) is 3.27. The van der Waals surface area contributed by atoms with Crippen molar-refractivity contribution in [2.45, 2.75) is 6.92 Å². The summed E-state index contributed by atoms with van der Waals surface area (Å²) >= 11 is 8.65. The van der Waals surface area contributed by atoms with Gasteiger partial charge in [-0.05, 0) is 40.5 Å². The van der Waals surface area contributed by atoms with Crippen molar-refractivity contribution >= 4 is 39.1 Å². The van der Waals surface area contributed by atoms with E-state index >= 15 is 0 Å². The lowest BCUT2D eigenvalue weighted by atomic mass is 10.2. The van der Waals surface area contributed by atoms with Crippen LogP contribution in [0.25, 0.3) is 0 Å². The highest BCUT2D eigenvalue weighted by Crippen LogP contribution is 2.24. The maximum Gasteiger partial charge on any atom is 0.275 e. The van der Waals surface area contributed by atoms with Crippen LogP contribution in [0.3, 0.4) is 0 Å². The SMILES string of the molecule is Cc1cc(F)c(Br)cc1NC(=O)c1cnc(Cl)cn1. The molecule has 19 heavy (non-hydrogen) atoms. The van der Waals surface area contributed by atoms with Gasteiger partial charge in [0.15, 0.2) is 0 Å². The predicted molar refractivity (Wildman–Crippen MR) is 73.8 cm³/mol. The number of amides is 1. The van der Waals surface area contributed by atoms with Gasteiger partial charge in [-0.15, -0.1) is 0 Å². The molecule has 0 aliphatic carbocycles. The van der Waals surface area contributed by atoms with Gasteiger partial charge in [0, 0.05) is 5.69 Å². The molecule has 0 aliphatic heterocycles. The Hall–Kier alpha value is -1.53. The van der Waals surface area contributed by atoms with Crippen LogP contribution in [0.1, 0.15) is 16.1 Å². The van der Waals surface area contributed by atoms with Crippen LogP contribution >= 0.6 is 27.5 Å². The first kappa shape index (κ1) is 13.9. The Morgan fingerprint density at radius 3 is 2.74 bits per heavy atom. The van der Waals surface area contributed by atoms with E-state index in [1.807, 2.05) is 0 Å². The van der Waals surface area contributed by atoms with Crippen LogP contribution in [-0.2, 0) is 0 Å². The predicted octanol–water partition coefficient (Wildman–Crippen LogP) is 3.59. The quantitative estimate of drug-likeness (QED) is 0.906. The van der Waals surface area contributed by atoms with Crippen LogP contribution in [0.15, 0.2) is 29.0 Å². The number of carbonyl (C=O) groups excluding carboxylic acids is 1. The molecule has 0 fully saturated rings. The number of anilines is 1. The van der Waals surface area contributed by atoms with Crippen LogP contribution in [0.2, 0.25) is 5.15 Å². The molecule has 1 heterocycles. The van der Waals surface area contributed by atoms with Gasteiger partial charge in [0.05, 0.1) is 16.9 Å². The van der Waals surface area contributed by atoms with Gasteiger partial charge in [0.25, 0.3) is 5.91 Å². The van der Waals surface area contributed by atoms with Gasteiger partial charge >= 0.3 is 0 Å². The molecular formula is C12H8BrClFN3O. The van der Waals surface area contributed by atoms with Crippen molar-refractivity contribution in [3.63, 3.8) is 0 Å². The maximum atomic E-state index is 13.3. The summed E-state index contributed by atoms with van der Waals surface area (Å²) in [4.78, 5) is 19.5. The van der Waals surface area contributed by atoms with E-state index in [1.165, 1.54) is 24.5 Å². The van der Waals surface area contributed by atoms with Crippen molar-refractivity contribution in [3.8, 4) is 0 Å². The first-order valence-corrected chi connectivity index (χ1v) is 6.39. The molecule has 0 aliphatic rings. The fraction of sp³-hybridized carbons (Fsp3) is 0.0833. The summed E-state index contributed by atoms with van der Waals surface area (Å²) in [5, 5.41) is 2.84. The number of halogens is 3. The van der Waals surface area contributed by atoms with Crippen LogP contribution in [0.4, 0.5) is 10.1 Å². The first-order valence-electron chi connectivity index (χ1n) is 5.22. The molecule has 1 N–H and O–H groups in total. The summed E-state index contributed by atoms with van der Waals surface area (Å²) in [7, 11) is 0. The zero-order valence-corrected chi connectivity index (χ0v) is 12.1. The summed E-state index contributed by atoms with van der Waals surface area (Å²) in [5.74, 6) is -0.826. The van der Waals surface area contributed by atoms with Gasteiger partial charge in [0.1, 0.15) is 16.7 Å². The van der Waals surface area contributed by atoms with E-state index in [1.54, 1.807) is 6.92 Å². The lowest BCUT2D eigenvalue weighted by molar-refractivity contribution is 0.102. The lowest BCUT2D eigenvalue weighted by Gasteiger charge is -2.09. The first-order chi connectivity index (χ1) is 8.97. The summed E-state index contributed by atoms with van der Waals surface area (Å²) in [5.41, 5.74) is 1.23. The van der Waals surface area contributed by atoms with Gasteiger partial charge in [-0.1, -0.05) is 11.6 Å². The minimum Gasteiger partial charge on any atom is -0.320 e. The van der Waals surface area contributed by atoms with Gasteiger partial charge < -0.3 is 5.32 Å². The largest absolute Gasteiger partial charge is 0.320 e. The zero-order valence-electron chi connectivity index (χ0n) is 9.75. The summed E-state index contributed by atoms with van der Waals surface area (Å²) in [6.45, 7) is 1.69. The minimum atomic E-state index is -0.439. The standard InChI is InChI=1S/C12H8BrClFN3O/c1-6-2-8(15)7(13)3-9(6)18-12(19)10-4-17-11(14)5-16-10/h2-5H,1H3,(H,18,19). The Balaban J connectivity index is 2.24. The molecule has 1 amide bonds. The van der Waals surface area contributed by atoms with Gasteiger partial charge in [0.2, 0.25) is 0 Å². The van der Waals surface area contributed by atoms with Crippen LogP contribution in [-0.4, -0.2) is 15.9 Å². The van der Waals surface area contributed by atoms with Gasteiger partial charge in [-0.3, -0.25) is 4.79 Å². The number of benzene rings is 1. The van der Waals surface area contributed by atoms with E-state index in [-0.39, 0.29) is 21.1 Å². The maximum absolute atomic E-state index is 13.3. The summed E-state index contributed by atoms with van der Waals surface area (Å²) < 4.78 is 13.5. The molecular weight excluding hydrogens is 337 g/mol. The molecule has 1 aromatic heterocycles. The monoisotopic (exact) mass is 343 g/mol. The van der Waals surface area contributed by atoms with Crippen molar-refractivity contribution < 1.29 is 9.18 Å². The molecule has 2 rings (SSSR count). The highest BCUT2D eigenvalue weighted by molar-refractivity contribution is 9.10. The average molecular weight is 345 g/mol. The molecule has 0 saturated carbocycles. The highest BCUT2D eigenvalue weighted by Gasteiger charge is 2.11. The lowest BCUT2D eigenvalue weighted by Crippen LogP contribution is -2.14. The molecule has 0 saturated heterocycles. The topological polar surface area (TPSA) is 54.9 Å². The van der Waals surface area contributed by atoms with E-state index in [2.05, 4.69) is 31.2 Å². The number of aryl methyl sites for hydroxylation is 1. The zero-order chi connectivity index (χ0) is 14.0. The van der Waals surface area contributed by atoms with Crippen LogP contribution in [0, 0.1) is 12.7 Å². The summed E-state index contributed by atoms with van der Waals surface area (Å²) in [6, 6.07) is 2.82. The number of aromatic nitrogens is 2. The second-order valence-corrected chi connectivity index (χ2v) is 5.00. The average Bonchev–Trinajstić information content (AvgIpc) is 2.36. The highest BCUT2D eigenvalue weighted by atomic mass is 79.9. The molecule has 2 aromatic rings. The fourth-order valence-corrected chi connectivity index (χ4v) is 1.84. The molecule has 98 valence electrons. The third-order valence-electron chi connectivity index (χ3n) is 2.37. The van der Waals surface area contributed by atoms with Crippen molar-refractivity contribution in [2.24, 2.45) is 0 Å². The second kappa shape index (κ2) is 5.63. The Labute approximate surface area is 122 Å². The third-order valence-corrected chi connectivity index (χ3v) is 3.17. The van der Waals surface area contributed by atoms with Gasteiger partial charge in [-0.2, -0.15) is 0 Å². The Bertz CT molecular complexity index is 634. The normalized spacial score (nSPS) is 10.3. The fourth-order valence-electron chi connectivity index (χ4n) is 1.40. The summed E-state index contributed by atoms with van der Waals surface area (Å²) in [6.07, 6.45) is 2.55. The van der Waals surface area contributed by atoms with E-state index < -0.39 is 5.91 Å². The number of nitrogens with one attached hydrogen (secondary N) is 1. The molecule has 4 nitrogen and oxygen atoms in total. The number of hydrogen-bond acceptors (Lipinski definition) is 3. The molecule has 1 aromatic carbocycles. The van der Waals surface area contributed by atoms with Crippen molar-refractivity contribution in [3.05, 3.63) is 51.2 Å². The smallest absolute Gasteiger partial charge is 0.275 e. The van der Waals surface area contributed by atoms with E-state index in [4.69, 9.17) is 11.6 Å². The van der Waals surface area contributed by atoms with Crippen molar-refractivity contribution in [1.82, 2.24) is 9.97 Å². The number of nitrogens with zero attached hydrogens (tertiary/aromatic N) is 2. The van der Waals surface area contributed by atoms with Gasteiger partial charge in [-0.25, -0.2) is 14.4 Å².